The molecule has 0 fully saturated rings. The van der Waals surface area contributed by atoms with Gasteiger partial charge in [0.1, 0.15) is 5.01 Å². The number of aromatic nitrogens is 2. The van der Waals surface area contributed by atoms with Crippen LogP contribution >= 0.6 is 11.3 Å². The van der Waals surface area contributed by atoms with Gasteiger partial charge in [-0.05, 0) is 30.7 Å². The Kier molecular flexibility index (Phi) is 4.76. The highest BCUT2D eigenvalue weighted by molar-refractivity contribution is 7.17. The fourth-order valence-corrected chi connectivity index (χ4v) is 3.20. The zero-order valence-electron chi connectivity index (χ0n) is 13.2. The van der Waals surface area contributed by atoms with Crippen LogP contribution in [0.3, 0.4) is 0 Å². The number of pyridine rings is 1. The molecular formula is C18H13N3O3S. The molecule has 0 saturated heterocycles. The van der Waals surface area contributed by atoms with E-state index >= 15 is 0 Å². The van der Waals surface area contributed by atoms with E-state index in [9.17, 15) is 14.9 Å². The zero-order chi connectivity index (χ0) is 17.8. The molecule has 0 saturated carbocycles. The number of aryl methyl sites for hydroxylation is 1. The van der Waals surface area contributed by atoms with Gasteiger partial charge in [0.2, 0.25) is 0 Å². The van der Waals surface area contributed by atoms with Crippen LogP contribution in [0.25, 0.3) is 16.6 Å². The average molecular weight is 351 g/mol. The maximum Gasteiger partial charge on any atom is 0.270 e. The predicted octanol–water partition coefficient (Wildman–Crippen LogP) is 4.32. The minimum Gasteiger partial charge on any atom is -0.288 e. The van der Waals surface area contributed by atoms with Gasteiger partial charge in [0.15, 0.2) is 5.78 Å². The van der Waals surface area contributed by atoms with Gasteiger partial charge < -0.3 is 0 Å². The molecule has 0 unspecified atom stereocenters. The van der Waals surface area contributed by atoms with Gasteiger partial charge in [-0.25, -0.2) is 4.98 Å². The average Bonchev–Trinajstić information content (AvgIpc) is 3.02. The fraction of sp³-hybridized carbons (Fsp3) is 0.0556. The molecule has 0 spiro atoms. The maximum atomic E-state index is 12.4. The van der Waals surface area contributed by atoms with E-state index in [-0.39, 0.29) is 11.5 Å². The molecule has 0 aliphatic heterocycles. The Hall–Kier alpha value is -3.19. The summed E-state index contributed by atoms with van der Waals surface area (Å²) in [6.07, 6.45) is 6.36. The number of carbonyl (C=O) groups is 1. The monoisotopic (exact) mass is 351 g/mol. The number of thiazole rings is 1. The molecule has 124 valence electrons. The van der Waals surface area contributed by atoms with E-state index in [2.05, 4.69) is 9.97 Å². The first kappa shape index (κ1) is 16.7. The minimum atomic E-state index is -0.466. The third kappa shape index (κ3) is 3.84. The molecule has 0 aliphatic carbocycles. The first-order valence-corrected chi connectivity index (χ1v) is 8.21. The summed E-state index contributed by atoms with van der Waals surface area (Å²) in [5.74, 6) is -0.184. The lowest BCUT2D eigenvalue weighted by molar-refractivity contribution is -0.384. The minimum absolute atomic E-state index is 0.0116. The van der Waals surface area contributed by atoms with Crippen LogP contribution < -0.4 is 0 Å². The zero-order valence-corrected chi connectivity index (χ0v) is 14.1. The summed E-state index contributed by atoms with van der Waals surface area (Å²) in [5.41, 5.74) is 2.09. The molecule has 3 rings (SSSR count). The van der Waals surface area contributed by atoms with Crippen molar-refractivity contribution >= 4 is 28.9 Å². The van der Waals surface area contributed by atoms with Crippen molar-refractivity contribution in [2.75, 3.05) is 0 Å². The molecule has 3 aromatic rings. The summed E-state index contributed by atoms with van der Waals surface area (Å²) in [6, 6.07) is 9.82. The highest BCUT2D eigenvalue weighted by atomic mass is 32.1. The van der Waals surface area contributed by atoms with Crippen LogP contribution in [0.15, 0.2) is 54.9 Å². The molecule has 0 radical (unpaired) electrons. The lowest BCUT2D eigenvalue weighted by atomic mass is 10.1. The van der Waals surface area contributed by atoms with Gasteiger partial charge >= 0.3 is 0 Å². The highest BCUT2D eigenvalue weighted by Gasteiger charge is 2.14. The van der Waals surface area contributed by atoms with E-state index < -0.39 is 4.92 Å². The summed E-state index contributed by atoms with van der Waals surface area (Å²) in [6.45, 7) is 1.78. The second-order valence-corrected chi connectivity index (χ2v) is 6.22. The standard InChI is InChI=1S/C18H13N3O3S/c1-12-17(25-18(20-12)14-5-3-9-19-11-14)16(22)8-7-13-4-2-6-15(10-13)21(23)24/h2-11H,1H3/b8-7+. The molecule has 0 bridgehead atoms. The lowest BCUT2D eigenvalue weighted by Crippen LogP contribution is -1.93. The summed E-state index contributed by atoms with van der Waals surface area (Å²) < 4.78 is 0. The summed E-state index contributed by atoms with van der Waals surface area (Å²) >= 11 is 1.30. The van der Waals surface area contributed by atoms with Crippen LogP contribution in [0.1, 0.15) is 20.9 Å². The number of rotatable bonds is 5. The van der Waals surface area contributed by atoms with Crippen molar-refractivity contribution in [1.82, 2.24) is 9.97 Å². The molecule has 0 N–H and O–H groups in total. The number of nitrogens with zero attached hydrogens (tertiary/aromatic N) is 3. The first-order valence-electron chi connectivity index (χ1n) is 7.39. The van der Waals surface area contributed by atoms with Crippen LogP contribution in [-0.4, -0.2) is 20.7 Å². The van der Waals surface area contributed by atoms with Crippen LogP contribution in [0.2, 0.25) is 0 Å². The predicted molar refractivity (Wildman–Crippen MR) is 96.5 cm³/mol. The van der Waals surface area contributed by atoms with Gasteiger partial charge in [-0.2, -0.15) is 0 Å². The van der Waals surface area contributed by atoms with Crippen molar-refractivity contribution < 1.29 is 9.72 Å². The van der Waals surface area contributed by atoms with Gasteiger partial charge in [-0.3, -0.25) is 19.9 Å². The smallest absolute Gasteiger partial charge is 0.270 e. The molecule has 1 aromatic carbocycles. The van der Waals surface area contributed by atoms with Crippen LogP contribution in [0.5, 0.6) is 0 Å². The van der Waals surface area contributed by atoms with Crippen molar-refractivity contribution in [3.63, 3.8) is 0 Å². The van der Waals surface area contributed by atoms with E-state index in [1.165, 1.54) is 29.5 Å². The quantitative estimate of drug-likeness (QED) is 0.296. The van der Waals surface area contributed by atoms with Crippen molar-refractivity contribution in [3.8, 4) is 10.6 Å². The fourth-order valence-electron chi connectivity index (χ4n) is 2.23. The molecule has 25 heavy (non-hydrogen) atoms. The molecular weight excluding hydrogens is 338 g/mol. The number of nitro groups is 1. The number of hydrogen-bond acceptors (Lipinski definition) is 6. The van der Waals surface area contributed by atoms with Crippen LogP contribution in [0.4, 0.5) is 5.69 Å². The molecule has 6 nitrogen and oxygen atoms in total. The molecule has 2 heterocycles. The summed E-state index contributed by atoms with van der Waals surface area (Å²) in [7, 11) is 0. The number of hydrogen-bond donors (Lipinski definition) is 0. The Morgan fingerprint density at radius 3 is 2.84 bits per heavy atom. The third-order valence-electron chi connectivity index (χ3n) is 3.44. The van der Waals surface area contributed by atoms with E-state index in [1.54, 1.807) is 37.5 Å². The third-order valence-corrected chi connectivity index (χ3v) is 4.66. The molecule has 0 amide bonds. The molecule has 0 atom stereocenters. The Balaban J connectivity index is 1.83. The second kappa shape index (κ2) is 7.14. The molecule has 0 aliphatic rings. The lowest BCUT2D eigenvalue weighted by Gasteiger charge is -1.95. The van der Waals surface area contributed by atoms with E-state index in [0.717, 1.165) is 10.6 Å². The van der Waals surface area contributed by atoms with E-state index in [0.29, 0.717) is 16.1 Å². The topological polar surface area (TPSA) is 86.0 Å². The van der Waals surface area contributed by atoms with E-state index in [1.807, 2.05) is 12.1 Å². The van der Waals surface area contributed by atoms with Gasteiger partial charge in [-0.1, -0.05) is 18.2 Å². The maximum absolute atomic E-state index is 12.4. The van der Waals surface area contributed by atoms with Crippen molar-refractivity contribution in [2.24, 2.45) is 0 Å². The second-order valence-electron chi connectivity index (χ2n) is 5.22. The molecule has 2 aromatic heterocycles. The van der Waals surface area contributed by atoms with Crippen molar-refractivity contribution in [3.05, 3.63) is 81.1 Å². The van der Waals surface area contributed by atoms with Gasteiger partial charge in [0, 0.05) is 30.1 Å². The van der Waals surface area contributed by atoms with Gasteiger partial charge in [0.05, 0.1) is 15.5 Å². The first-order chi connectivity index (χ1) is 12.0. The van der Waals surface area contributed by atoms with E-state index in [4.69, 9.17) is 0 Å². The Labute approximate surface area is 147 Å². The largest absolute Gasteiger partial charge is 0.288 e. The SMILES string of the molecule is Cc1nc(-c2cccnc2)sc1C(=O)/C=C/c1cccc([N+](=O)[O-])c1. The summed E-state index contributed by atoms with van der Waals surface area (Å²) in [5, 5.41) is 11.5. The number of nitro benzene ring substituents is 1. The normalized spacial score (nSPS) is 10.9. The number of allylic oxidation sites excluding steroid dienone is 1. The number of non-ortho nitro benzene ring substituents is 1. The highest BCUT2D eigenvalue weighted by Crippen LogP contribution is 2.28. The van der Waals surface area contributed by atoms with Crippen LogP contribution in [-0.2, 0) is 0 Å². The number of benzene rings is 1. The van der Waals surface area contributed by atoms with Crippen LogP contribution in [0, 0.1) is 17.0 Å². The molecule has 7 heteroatoms. The van der Waals surface area contributed by atoms with Crippen molar-refractivity contribution in [1.29, 1.82) is 0 Å². The van der Waals surface area contributed by atoms with Crippen molar-refractivity contribution in [2.45, 2.75) is 6.92 Å². The van der Waals surface area contributed by atoms with Gasteiger partial charge in [-0.15, -0.1) is 11.3 Å². The Morgan fingerprint density at radius 2 is 2.12 bits per heavy atom. The summed E-state index contributed by atoms with van der Waals surface area (Å²) in [4.78, 5) is 31.8. The number of carbonyl (C=O) groups excluding carboxylic acids is 1. The number of ketones is 1. The Bertz CT molecular complexity index is 965. The Morgan fingerprint density at radius 1 is 1.28 bits per heavy atom. The van der Waals surface area contributed by atoms with Gasteiger partial charge in [0.25, 0.3) is 5.69 Å².